The molecule has 1 unspecified atom stereocenters. The second-order valence-corrected chi connectivity index (χ2v) is 7.41. The molecule has 2 aromatic rings. The molecule has 0 radical (unpaired) electrons. The van der Waals surface area contributed by atoms with Crippen LogP contribution in [0.1, 0.15) is 25.0 Å². The molecule has 0 saturated heterocycles. The van der Waals surface area contributed by atoms with E-state index in [1.54, 1.807) is 18.2 Å². The van der Waals surface area contributed by atoms with Crippen molar-refractivity contribution in [2.45, 2.75) is 25.6 Å². The number of carbonyl (C=O) groups is 2. The first-order valence-electron chi connectivity index (χ1n) is 8.72. The molecule has 0 N–H and O–H groups in total. The first-order chi connectivity index (χ1) is 13.2. The highest BCUT2D eigenvalue weighted by molar-refractivity contribution is 6.32. The van der Waals surface area contributed by atoms with Crippen LogP contribution < -0.4 is 4.90 Å². The Balaban J connectivity index is 2.28. The fourth-order valence-electron chi connectivity index (χ4n) is 3.08. The molecule has 3 rings (SSSR count). The molecule has 146 valence electrons. The molecule has 0 saturated carbocycles. The molecule has 1 atom stereocenters. The first kappa shape index (κ1) is 20.0. The van der Waals surface area contributed by atoms with Crippen molar-refractivity contribution < 1.29 is 18.7 Å². The fraction of sp³-hybridized carbons (Fsp3) is 0.286. The Morgan fingerprint density at radius 1 is 1.25 bits per heavy atom. The predicted molar refractivity (Wildman–Crippen MR) is 107 cm³/mol. The van der Waals surface area contributed by atoms with Crippen molar-refractivity contribution in [3.05, 3.63) is 64.7 Å². The Morgan fingerprint density at radius 3 is 2.54 bits per heavy atom. The molecule has 1 amide bonds. The van der Waals surface area contributed by atoms with Gasteiger partial charge >= 0.3 is 5.97 Å². The van der Waals surface area contributed by atoms with E-state index < -0.39 is 23.6 Å². The van der Waals surface area contributed by atoms with E-state index >= 15 is 0 Å². The van der Waals surface area contributed by atoms with Crippen molar-refractivity contribution in [1.82, 2.24) is 0 Å². The number of methoxy groups -OCH3 is 1. The molecular formula is C21H20ClFN2O3. The van der Waals surface area contributed by atoms with Gasteiger partial charge in [-0.25, -0.2) is 4.39 Å². The average molecular weight is 403 g/mol. The molecule has 2 aromatic carbocycles. The van der Waals surface area contributed by atoms with Gasteiger partial charge in [0.15, 0.2) is 6.04 Å². The van der Waals surface area contributed by atoms with Gasteiger partial charge in [-0.05, 0) is 32.0 Å². The number of alkyl halides is 1. The Bertz CT molecular complexity index is 938. The Labute approximate surface area is 167 Å². The van der Waals surface area contributed by atoms with Crippen molar-refractivity contribution in [1.29, 1.82) is 0 Å². The molecule has 0 bridgehead atoms. The number of carbonyl (C=O) groups excluding carboxylic acids is 2. The van der Waals surface area contributed by atoms with Gasteiger partial charge in [-0.2, -0.15) is 0 Å². The molecule has 1 heterocycles. The lowest BCUT2D eigenvalue weighted by Gasteiger charge is -2.28. The number of benzodiazepines with no additional fused rings is 1. The average Bonchev–Trinajstić information content (AvgIpc) is 2.77. The monoisotopic (exact) mass is 402 g/mol. The minimum atomic E-state index is -1.95. The van der Waals surface area contributed by atoms with E-state index in [4.69, 9.17) is 16.3 Å². The highest BCUT2D eigenvalue weighted by Gasteiger charge is 2.42. The quantitative estimate of drug-likeness (QED) is 0.730. The molecular weight excluding hydrogens is 383 g/mol. The van der Waals surface area contributed by atoms with Crippen molar-refractivity contribution in [3.8, 4) is 0 Å². The van der Waals surface area contributed by atoms with Crippen LogP contribution in [0.3, 0.4) is 0 Å². The molecule has 1 aliphatic rings. The van der Waals surface area contributed by atoms with Crippen molar-refractivity contribution >= 4 is 34.9 Å². The highest BCUT2D eigenvalue weighted by atomic mass is 35.5. The summed E-state index contributed by atoms with van der Waals surface area (Å²) in [5.41, 5.74) is 0.177. The zero-order chi connectivity index (χ0) is 20.5. The molecule has 0 aliphatic carbocycles. The van der Waals surface area contributed by atoms with Gasteiger partial charge in [0.25, 0.3) is 5.91 Å². The molecule has 0 fully saturated rings. The van der Waals surface area contributed by atoms with Crippen molar-refractivity contribution in [2.24, 2.45) is 4.99 Å². The lowest BCUT2D eigenvalue weighted by Crippen LogP contribution is -2.48. The van der Waals surface area contributed by atoms with Crippen LogP contribution in [0.25, 0.3) is 0 Å². The Kier molecular flexibility index (Phi) is 5.52. The summed E-state index contributed by atoms with van der Waals surface area (Å²) in [7, 11) is 1.23. The van der Waals surface area contributed by atoms with Gasteiger partial charge in [-0.15, -0.1) is 0 Å². The number of anilines is 1. The summed E-state index contributed by atoms with van der Waals surface area (Å²) in [5.74, 6) is -1.24. The first-order valence-corrected chi connectivity index (χ1v) is 9.10. The summed E-state index contributed by atoms with van der Waals surface area (Å²) in [6.45, 7) is 2.23. The number of amides is 1. The maximum atomic E-state index is 15.0. The van der Waals surface area contributed by atoms with Crippen molar-refractivity contribution in [2.75, 3.05) is 18.6 Å². The fourth-order valence-corrected chi connectivity index (χ4v) is 3.26. The van der Waals surface area contributed by atoms with E-state index in [1.165, 1.54) is 25.9 Å². The van der Waals surface area contributed by atoms with Gasteiger partial charge in [-0.3, -0.25) is 19.5 Å². The molecule has 0 aromatic heterocycles. The van der Waals surface area contributed by atoms with Gasteiger partial charge in [0.05, 0.1) is 18.5 Å². The van der Waals surface area contributed by atoms with E-state index in [1.807, 2.05) is 30.3 Å². The molecule has 1 aliphatic heterocycles. The minimum absolute atomic E-state index is 0.353. The van der Waals surface area contributed by atoms with Crippen LogP contribution in [0.2, 0.25) is 5.02 Å². The van der Waals surface area contributed by atoms with Crippen molar-refractivity contribution in [3.63, 3.8) is 0 Å². The molecule has 5 nitrogen and oxygen atoms in total. The number of aliphatic imine (C=N–C) groups is 1. The van der Waals surface area contributed by atoms with Crippen LogP contribution in [0.4, 0.5) is 10.1 Å². The van der Waals surface area contributed by atoms with E-state index in [0.29, 0.717) is 27.5 Å². The minimum Gasteiger partial charge on any atom is -0.468 e. The lowest BCUT2D eigenvalue weighted by molar-refractivity contribution is -0.140. The van der Waals surface area contributed by atoms with E-state index in [-0.39, 0.29) is 6.54 Å². The zero-order valence-corrected chi connectivity index (χ0v) is 16.5. The SMILES string of the molecule is COC(=O)CN1C(=O)C(C(C)(C)F)N=C(c2ccccc2)c2cc(Cl)ccc21. The standard InChI is InChI=1S/C21H20ClFN2O3/c1-21(2,23)19-20(27)25(12-17(26)28-3)16-10-9-14(22)11-15(16)18(24-19)13-7-5-4-6-8-13/h4-11,19H,12H2,1-3H3. The predicted octanol–water partition coefficient (Wildman–Crippen LogP) is 3.81. The van der Waals surface area contributed by atoms with E-state index in [0.717, 1.165) is 0 Å². The number of benzene rings is 2. The number of nitrogens with zero attached hydrogens (tertiary/aromatic N) is 2. The second kappa shape index (κ2) is 7.72. The summed E-state index contributed by atoms with van der Waals surface area (Å²) < 4.78 is 19.7. The van der Waals surface area contributed by atoms with Crippen LogP contribution in [-0.4, -0.2) is 43.0 Å². The summed E-state index contributed by atoms with van der Waals surface area (Å²) in [6.07, 6.45) is 0. The van der Waals surface area contributed by atoms with Gasteiger partial charge < -0.3 is 4.74 Å². The third-order valence-electron chi connectivity index (χ3n) is 4.47. The zero-order valence-electron chi connectivity index (χ0n) is 15.8. The summed E-state index contributed by atoms with van der Waals surface area (Å²) in [4.78, 5) is 30.9. The Hall–Kier alpha value is -2.73. The van der Waals surface area contributed by atoms with E-state index in [2.05, 4.69) is 4.99 Å². The summed E-state index contributed by atoms with van der Waals surface area (Å²) >= 11 is 6.20. The molecule has 0 spiro atoms. The highest BCUT2D eigenvalue weighted by Crippen LogP contribution is 2.34. The molecule has 7 heteroatoms. The number of fused-ring (bicyclic) bond motifs is 1. The number of esters is 1. The number of rotatable bonds is 4. The number of hydrogen-bond donors (Lipinski definition) is 0. The number of hydrogen-bond acceptors (Lipinski definition) is 4. The van der Waals surface area contributed by atoms with Gasteiger partial charge in [0.2, 0.25) is 0 Å². The maximum Gasteiger partial charge on any atom is 0.325 e. The normalized spacial score (nSPS) is 16.9. The van der Waals surface area contributed by atoms with Gasteiger partial charge in [0, 0.05) is 16.1 Å². The van der Waals surface area contributed by atoms with Gasteiger partial charge in [-0.1, -0.05) is 41.9 Å². The second-order valence-electron chi connectivity index (χ2n) is 6.97. The van der Waals surface area contributed by atoms with Crippen LogP contribution in [-0.2, 0) is 14.3 Å². The third-order valence-corrected chi connectivity index (χ3v) is 4.71. The van der Waals surface area contributed by atoms with E-state index in [9.17, 15) is 14.0 Å². The Morgan fingerprint density at radius 2 is 1.93 bits per heavy atom. The lowest BCUT2D eigenvalue weighted by atomic mass is 9.99. The molecule has 28 heavy (non-hydrogen) atoms. The summed E-state index contributed by atoms with van der Waals surface area (Å²) in [5, 5.41) is 0.436. The number of halogens is 2. The third kappa shape index (κ3) is 3.92. The number of ether oxygens (including phenoxy) is 1. The smallest absolute Gasteiger partial charge is 0.325 e. The van der Waals surface area contributed by atoms with Crippen LogP contribution in [0, 0.1) is 0 Å². The van der Waals surface area contributed by atoms with Gasteiger partial charge in [0.1, 0.15) is 12.2 Å². The maximum absolute atomic E-state index is 15.0. The summed E-state index contributed by atoms with van der Waals surface area (Å²) in [6, 6.07) is 12.7. The largest absolute Gasteiger partial charge is 0.468 e. The topological polar surface area (TPSA) is 59.0 Å². The van der Waals surface area contributed by atoms with Crippen LogP contribution >= 0.6 is 11.6 Å². The van der Waals surface area contributed by atoms with Crippen LogP contribution in [0.15, 0.2) is 53.5 Å². The van der Waals surface area contributed by atoms with Crippen LogP contribution in [0.5, 0.6) is 0 Å².